The molecule has 1 unspecified atom stereocenters. The van der Waals surface area contributed by atoms with Crippen LogP contribution in [0.25, 0.3) is 0 Å². The van der Waals surface area contributed by atoms with Gasteiger partial charge in [0.1, 0.15) is 0 Å². The highest BCUT2D eigenvalue weighted by molar-refractivity contribution is 7.89. The third kappa shape index (κ3) is 4.03. The number of hydrogen-bond acceptors (Lipinski definition) is 3. The summed E-state index contributed by atoms with van der Waals surface area (Å²) in [7, 11) is -3.10. The molecule has 16 heavy (non-hydrogen) atoms. The van der Waals surface area contributed by atoms with Crippen molar-refractivity contribution >= 4 is 10.0 Å². The van der Waals surface area contributed by atoms with Crippen LogP contribution >= 0.6 is 0 Å². The average Bonchev–Trinajstić information content (AvgIpc) is 2.27. The summed E-state index contributed by atoms with van der Waals surface area (Å²) in [6.45, 7) is 5.82. The Balaban J connectivity index is 2.61. The van der Waals surface area contributed by atoms with Gasteiger partial charge in [0, 0.05) is 12.1 Å². The predicted molar refractivity (Wildman–Crippen MR) is 67.0 cm³/mol. The molecule has 0 radical (unpaired) electrons. The van der Waals surface area contributed by atoms with E-state index in [1.54, 1.807) is 0 Å². The lowest BCUT2D eigenvalue weighted by Crippen LogP contribution is -2.57. The molecule has 0 aromatic rings. The van der Waals surface area contributed by atoms with Crippen molar-refractivity contribution in [2.24, 2.45) is 0 Å². The largest absolute Gasteiger partial charge is 0.315 e. The lowest BCUT2D eigenvalue weighted by molar-refractivity contribution is 0.278. The highest BCUT2D eigenvalue weighted by Gasteiger charge is 2.33. The molecule has 1 aliphatic heterocycles. The van der Waals surface area contributed by atoms with Crippen LogP contribution < -0.4 is 10.0 Å². The second-order valence-electron chi connectivity index (χ2n) is 4.69. The van der Waals surface area contributed by atoms with Crippen LogP contribution in [-0.4, -0.2) is 32.8 Å². The predicted octanol–water partition coefficient (Wildman–Crippen LogP) is 1.24. The van der Waals surface area contributed by atoms with Gasteiger partial charge in [-0.15, -0.1) is 0 Å². The Morgan fingerprint density at radius 3 is 2.62 bits per heavy atom. The van der Waals surface area contributed by atoms with E-state index in [0.717, 1.165) is 45.2 Å². The zero-order valence-electron chi connectivity index (χ0n) is 10.4. The molecular weight excluding hydrogens is 224 g/mol. The van der Waals surface area contributed by atoms with Gasteiger partial charge >= 0.3 is 0 Å². The third-order valence-corrected chi connectivity index (χ3v) is 4.86. The molecule has 1 aliphatic rings. The van der Waals surface area contributed by atoms with Gasteiger partial charge in [-0.25, -0.2) is 13.1 Å². The molecule has 2 N–H and O–H groups in total. The summed E-state index contributed by atoms with van der Waals surface area (Å²) in [6, 6.07) is 0. The van der Waals surface area contributed by atoms with E-state index in [-0.39, 0.29) is 11.3 Å². The highest BCUT2D eigenvalue weighted by atomic mass is 32.2. The summed E-state index contributed by atoms with van der Waals surface area (Å²) in [6.07, 6.45) is 4.50. The van der Waals surface area contributed by atoms with Crippen LogP contribution in [0.5, 0.6) is 0 Å². The summed E-state index contributed by atoms with van der Waals surface area (Å²) < 4.78 is 26.7. The van der Waals surface area contributed by atoms with E-state index in [1.165, 1.54) is 0 Å². The van der Waals surface area contributed by atoms with Crippen LogP contribution in [0.2, 0.25) is 0 Å². The topological polar surface area (TPSA) is 58.2 Å². The number of hydrogen-bond donors (Lipinski definition) is 2. The Hall–Kier alpha value is -0.130. The first-order valence-electron chi connectivity index (χ1n) is 6.26. The number of rotatable bonds is 6. The minimum atomic E-state index is -3.10. The van der Waals surface area contributed by atoms with Crippen molar-refractivity contribution in [2.45, 2.75) is 51.5 Å². The molecule has 4 nitrogen and oxygen atoms in total. The van der Waals surface area contributed by atoms with Crippen LogP contribution in [-0.2, 0) is 10.0 Å². The third-order valence-electron chi connectivity index (χ3n) is 3.29. The van der Waals surface area contributed by atoms with E-state index in [2.05, 4.69) is 17.0 Å². The van der Waals surface area contributed by atoms with Gasteiger partial charge in [-0.3, -0.25) is 0 Å². The zero-order chi connectivity index (χ0) is 12.1. The fourth-order valence-electron chi connectivity index (χ4n) is 2.14. The molecule has 0 amide bonds. The summed E-state index contributed by atoms with van der Waals surface area (Å²) in [5.41, 5.74) is -0.245. The van der Waals surface area contributed by atoms with E-state index in [1.807, 2.05) is 6.92 Å². The molecule has 0 aromatic heterocycles. The van der Waals surface area contributed by atoms with Crippen LogP contribution in [0, 0.1) is 0 Å². The van der Waals surface area contributed by atoms with Gasteiger partial charge in [0.25, 0.3) is 0 Å². The quantitative estimate of drug-likeness (QED) is 0.743. The zero-order valence-corrected chi connectivity index (χ0v) is 11.2. The Morgan fingerprint density at radius 1 is 1.38 bits per heavy atom. The standard InChI is InChI=1S/C11H24N2O2S/c1-3-5-9-16(14,15)13-11(4-2)7-6-8-12-10-11/h12-13H,3-10H2,1-2H3. The molecule has 1 heterocycles. The Bertz CT molecular complexity index is 295. The van der Waals surface area contributed by atoms with Crippen molar-refractivity contribution in [1.29, 1.82) is 0 Å². The van der Waals surface area contributed by atoms with Gasteiger partial charge in [-0.1, -0.05) is 20.3 Å². The highest BCUT2D eigenvalue weighted by Crippen LogP contribution is 2.21. The maximum atomic E-state index is 11.9. The summed E-state index contributed by atoms with van der Waals surface area (Å²) >= 11 is 0. The molecule has 1 fully saturated rings. The number of nitrogens with one attached hydrogen (secondary N) is 2. The molecular formula is C11H24N2O2S. The van der Waals surface area contributed by atoms with Gasteiger partial charge in [0.05, 0.1) is 5.75 Å². The minimum absolute atomic E-state index is 0.245. The molecule has 1 saturated heterocycles. The van der Waals surface area contributed by atoms with E-state index in [9.17, 15) is 8.42 Å². The monoisotopic (exact) mass is 248 g/mol. The van der Waals surface area contributed by atoms with Crippen LogP contribution in [0.4, 0.5) is 0 Å². The molecule has 0 aromatic carbocycles. The molecule has 0 saturated carbocycles. The van der Waals surface area contributed by atoms with Gasteiger partial charge in [-0.2, -0.15) is 0 Å². The van der Waals surface area contributed by atoms with E-state index in [0.29, 0.717) is 0 Å². The normalized spacial score (nSPS) is 26.9. The minimum Gasteiger partial charge on any atom is -0.315 e. The van der Waals surface area contributed by atoms with Gasteiger partial charge in [-0.05, 0) is 32.2 Å². The first-order chi connectivity index (χ1) is 7.54. The van der Waals surface area contributed by atoms with Crippen molar-refractivity contribution in [3.05, 3.63) is 0 Å². The lowest BCUT2D eigenvalue weighted by Gasteiger charge is -2.37. The second kappa shape index (κ2) is 5.98. The molecule has 0 bridgehead atoms. The van der Waals surface area contributed by atoms with E-state index >= 15 is 0 Å². The van der Waals surface area contributed by atoms with Gasteiger partial charge in [0.2, 0.25) is 10.0 Å². The Morgan fingerprint density at radius 2 is 2.12 bits per heavy atom. The molecule has 0 aliphatic carbocycles. The summed E-state index contributed by atoms with van der Waals surface area (Å²) in [5, 5.41) is 3.28. The number of unbranched alkanes of at least 4 members (excludes halogenated alkanes) is 1. The SMILES string of the molecule is CCCCS(=O)(=O)NC1(CC)CCCNC1. The smallest absolute Gasteiger partial charge is 0.212 e. The molecule has 5 heteroatoms. The second-order valence-corrected chi connectivity index (χ2v) is 6.53. The van der Waals surface area contributed by atoms with Crippen LogP contribution in [0.3, 0.4) is 0 Å². The summed E-state index contributed by atoms with van der Waals surface area (Å²) in [5.74, 6) is 0.255. The van der Waals surface area contributed by atoms with E-state index in [4.69, 9.17) is 0 Å². The Kier molecular flexibility index (Phi) is 5.21. The number of piperidine rings is 1. The van der Waals surface area contributed by atoms with Crippen LogP contribution in [0.1, 0.15) is 46.0 Å². The van der Waals surface area contributed by atoms with Crippen molar-refractivity contribution in [2.75, 3.05) is 18.8 Å². The van der Waals surface area contributed by atoms with Crippen molar-refractivity contribution < 1.29 is 8.42 Å². The fraction of sp³-hybridized carbons (Fsp3) is 1.00. The maximum Gasteiger partial charge on any atom is 0.212 e. The first-order valence-corrected chi connectivity index (χ1v) is 7.91. The molecule has 1 rings (SSSR count). The average molecular weight is 248 g/mol. The Labute approximate surface area is 99.2 Å². The first kappa shape index (κ1) is 13.9. The number of sulfonamides is 1. The van der Waals surface area contributed by atoms with Crippen LogP contribution in [0.15, 0.2) is 0 Å². The van der Waals surface area contributed by atoms with Crippen molar-refractivity contribution in [1.82, 2.24) is 10.0 Å². The fourth-order valence-corrected chi connectivity index (χ4v) is 3.89. The maximum absolute atomic E-state index is 11.9. The van der Waals surface area contributed by atoms with Crippen molar-refractivity contribution in [3.8, 4) is 0 Å². The molecule has 1 atom stereocenters. The molecule has 0 spiro atoms. The van der Waals surface area contributed by atoms with Crippen molar-refractivity contribution in [3.63, 3.8) is 0 Å². The van der Waals surface area contributed by atoms with Gasteiger partial charge < -0.3 is 5.32 Å². The molecule has 96 valence electrons. The van der Waals surface area contributed by atoms with E-state index < -0.39 is 10.0 Å². The lowest BCUT2D eigenvalue weighted by atomic mass is 9.89. The van der Waals surface area contributed by atoms with Gasteiger partial charge in [0.15, 0.2) is 0 Å². The summed E-state index contributed by atoms with van der Waals surface area (Å²) in [4.78, 5) is 0.